The summed E-state index contributed by atoms with van der Waals surface area (Å²) in [5.41, 5.74) is 2.51. The van der Waals surface area contributed by atoms with Crippen LogP contribution in [0.3, 0.4) is 0 Å². The molecule has 0 radical (unpaired) electrons. The Kier molecular flexibility index (Phi) is 3.63. The monoisotopic (exact) mass is 274 g/mol. The molecule has 0 spiro atoms. The summed E-state index contributed by atoms with van der Waals surface area (Å²) < 4.78 is 0. The molecular weight excluding hydrogens is 248 g/mol. The van der Waals surface area contributed by atoms with Crippen molar-refractivity contribution in [2.24, 2.45) is 5.41 Å². The van der Waals surface area contributed by atoms with Gasteiger partial charge in [0.2, 0.25) is 0 Å². The number of nitrogens with zero attached hydrogens (tertiary/aromatic N) is 1. The zero-order valence-electron chi connectivity index (χ0n) is 12.6. The highest BCUT2D eigenvalue weighted by Gasteiger charge is 2.47. The molecule has 2 N–H and O–H groups in total. The molecule has 2 aliphatic rings. The molecule has 3 heteroatoms. The highest BCUT2D eigenvalue weighted by Crippen LogP contribution is 2.43. The standard InChI is InChI=1S/C17H26N2O/c1-17(2)15(12-16(17)20)18-13-8-4-5-9-14(13)19-10-6-3-7-11-19/h4-5,8-9,15-16,18,20H,3,6-7,10-12H2,1-2H3. The number of para-hydroxylation sites is 2. The summed E-state index contributed by atoms with van der Waals surface area (Å²) in [6, 6.07) is 8.97. The van der Waals surface area contributed by atoms with Crippen molar-refractivity contribution in [2.45, 2.75) is 51.7 Å². The van der Waals surface area contributed by atoms with E-state index in [0.717, 1.165) is 19.5 Å². The van der Waals surface area contributed by atoms with Gasteiger partial charge in [-0.25, -0.2) is 0 Å². The van der Waals surface area contributed by atoms with Crippen LogP contribution in [-0.2, 0) is 0 Å². The van der Waals surface area contributed by atoms with Crippen molar-refractivity contribution in [3.05, 3.63) is 24.3 Å². The van der Waals surface area contributed by atoms with Crippen LogP contribution in [0.1, 0.15) is 39.5 Å². The number of piperidine rings is 1. The quantitative estimate of drug-likeness (QED) is 0.888. The molecule has 1 aliphatic carbocycles. The number of rotatable bonds is 3. The number of anilines is 2. The summed E-state index contributed by atoms with van der Waals surface area (Å²) in [4.78, 5) is 2.49. The van der Waals surface area contributed by atoms with Gasteiger partial charge < -0.3 is 15.3 Å². The maximum absolute atomic E-state index is 9.89. The van der Waals surface area contributed by atoms with Gasteiger partial charge in [-0.15, -0.1) is 0 Å². The Hall–Kier alpha value is -1.22. The first kappa shape index (κ1) is 13.7. The minimum Gasteiger partial charge on any atom is -0.392 e. The molecule has 1 aromatic carbocycles. The third-order valence-electron chi connectivity index (χ3n) is 5.15. The lowest BCUT2D eigenvalue weighted by Crippen LogP contribution is -2.57. The summed E-state index contributed by atoms with van der Waals surface area (Å²) in [5, 5.41) is 13.6. The second-order valence-corrected chi connectivity index (χ2v) is 6.83. The lowest BCUT2D eigenvalue weighted by molar-refractivity contribution is -0.0510. The Morgan fingerprint density at radius 2 is 1.85 bits per heavy atom. The number of aliphatic hydroxyl groups excluding tert-OH is 1. The van der Waals surface area contributed by atoms with Crippen LogP contribution in [0.15, 0.2) is 24.3 Å². The fraction of sp³-hybridized carbons (Fsp3) is 0.647. The third-order valence-corrected chi connectivity index (χ3v) is 5.15. The Morgan fingerprint density at radius 3 is 2.50 bits per heavy atom. The van der Waals surface area contributed by atoms with Crippen molar-refractivity contribution >= 4 is 11.4 Å². The lowest BCUT2D eigenvalue weighted by atomic mass is 9.64. The van der Waals surface area contributed by atoms with Crippen molar-refractivity contribution in [1.82, 2.24) is 0 Å². The SMILES string of the molecule is CC1(C)C(O)CC1Nc1ccccc1N1CCCCC1. The zero-order valence-corrected chi connectivity index (χ0v) is 12.6. The Labute approximate surface area is 122 Å². The first-order chi connectivity index (χ1) is 9.59. The molecule has 3 nitrogen and oxygen atoms in total. The van der Waals surface area contributed by atoms with Gasteiger partial charge in [-0.05, 0) is 37.8 Å². The summed E-state index contributed by atoms with van der Waals surface area (Å²) in [6.45, 7) is 6.61. The number of nitrogens with one attached hydrogen (secondary N) is 1. The molecule has 1 aliphatic heterocycles. The molecule has 2 atom stereocenters. The fourth-order valence-electron chi connectivity index (χ4n) is 3.34. The number of benzene rings is 1. The summed E-state index contributed by atoms with van der Waals surface area (Å²) in [5.74, 6) is 0. The van der Waals surface area contributed by atoms with E-state index in [1.807, 2.05) is 0 Å². The van der Waals surface area contributed by atoms with E-state index >= 15 is 0 Å². The van der Waals surface area contributed by atoms with Gasteiger partial charge in [-0.3, -0.25) is 0 Å². The summed E-state index contributed by atoms with van der Waals surface area (Å²) in [7, 11) is 0. The predicted octanol–water partition coefficient (Wildman–Crippen LogP) is 3.25. The smallest absolute Gasteiger partial charge is 0.0630 e. The van der Waals surface area contributed by atoms with Crippen LogP contribution in [-0.4, -0.2) is 30.3 Å². The van der Waals surface area contributed by atoms with Gasteiger partial charge in [0.15, 0.2) is 0 Å². The summed E-state index contributed by atoms with van der Waals surface area (Å²) >= 11 is 0. The highest BCUT2D eigenvalue weighted by atomic mass is 16.3. The van der Waals surface area contributed by atoms with Crippen LogP contribution in [0.25, 0.3) is 0 Å². The van der Waals surface area contributed by atoms with Gasteiger partial charge in [0.1, 0.15) is 0 Å². The van der Waals surface area contributed by atoms with Crippen LogP contribution in [0.2, 0.25) is 0 Å². The molecule has 1 saturated carbocycles. The highest BCUT2D eigenvalue weighted by molar-refractivity contribution is 5.70. The molecule has 3 rings (SSSR count). The van der Waals surface area contributed by atoms with Crippen molar-refractivity contribution in [1.29, 1.82) is 0 Å². The molecule has 0 aromatic heterocycles. The first-order valence-electron chi connectivity index (χ1n) is 7.87. The number of aliphatic hydroxyl groups is 1. The van der Waals surface area contributed by atoms with Gasteiger partial charge in [0.05, 0.1) is 17.5 Å². The van der Waals surface area contributed by atoms with E-state index in [1.54, 1.807) is 0 Å². The minimum absolute atomic E-state index is 0.0327. The van der Waals surface area contributed by atoms with E-state index in [2.05, 4.69) is 48.3 Å². The molecule has 20 heavy (non-hydrogen) atoms. The van der Waals surface area contributed by atoms with Crippen LogP contribution >= 0.6 is 0 Å². The van der Waals surface area contributed by atoms with Gasteiger partial charge in [-0.2, -0.15) is 0 Å². The van der Waals surface area contributed by atoms with Gasteiger partial charge in [-0.1, -0.05) is 26.0 Å². The first-order valence-corrected chi connectivity index (χ1v) is 7.87. The van der Waals surface area contributed by atoms with Crippen LogP contribution in [0.4, 0.5) is 11.4 Å². The lowest BCUT2D eigenvalue weighted by Gasteiger charge is -2.50. The molecule has 1 saturated heterocycles. The van der Waals surface area contributed by atoms with Crippen LogP contribution in [0.5, 0.6) is 0 Å². The second kappa shape index (κ2) is 5.28. The van der Waals surface area contributed by atoms with Crippen molar-refractivity contribution < 1.29 is 5.11 Å². The predicted molar refractivity (Wildman–Crippen MR) is 84.3 cm³/mol. The molecular formula is C17H26N2O. The molecule has 1 heterocycles. The molecule has 110 valence electrons. The van der Waals surface area contributed by atoms with Gasteiger partial charge >= 0.3 is 0 Å². The molecule has 0 bridgehead atoms. The van der Waals surface area contributed by atoms with E-state index in [0.29, 0.717) is 6.04 Å². The van der Waals surface area contributed by atoms with Crippen molar-refractivity contribution in [2.75, 3.05) is 23.3 Å². The minimum atomic E-state index is -0.179. The zero-order chi connectivity index (χ0) is 14.2. The number of hydrogen-bond donors (Lipinski definition) is 2. The van der Waals surface area contributed by atoms with Crippen molar-refractivity contribution in [3.63, 3.8) is 0 Å². The van der Waals surface area contributed by atoms with Crippen molar-refractivity contribution in [3.8, 4) is 0 Å². The van der Waals surface area contributed by atoms with Gasteiger partial charge in [0.25, 0.3) is 0 Å². The van der Waals surface area contributed by atoms with E-state index in [-0.39, 0.29) is 11.5 Å². The average Bonchev–Trinajstić information content (AvgIpc) is 2.48. The van der Waals surface area contributed by atoms with Crippen LogP contribution < -0.4 is 10.2 Å². The molecule has 2 unspecified atom stereocenters. The third kappa shape index (κ3) is 2.39. The molecule has 1 aromatic rings. The maximum Gasteiger partial charge on any atom is 0.0630 e. The largest absolute Gasteiger partial charge is 0.392 e. The normalized spacial score (nSPS) is 28.9. The topological polar surface area (TPSA) is 35.5 Å². The van der Waals surface area contributed by atoms with E-state index in [1.165, 1.54) is 30.6 Å². The van der Waals surface area contributed by atoms with E-state index < -0.39 is 0 Å². The van der Waals surface area contributed by atoms with E-state index in [4.69, 9.17) is 0 Å². The average molecular weight is 274 g/mol. The van der Waals surface area contributed by atoms with Gasteiger partial charge in [0, 0.05) is 24.5 Å². The number of hydrogen-bond acceptors (Lipinski definition) is 3. The van der Waals surface area contributed by atoms with E-state index in [9.17, 15) is 5.11 Å². The Balaban J connectivity index is 1.76. The summed E-state index contributed by atoms with van der Waals surface area (Å²) in [6.07, 6.45) is 4.61. The Morgan fingerprint density at radius 1 is 1.15 bits per heavy atom. The molecule has 0 amide bonds. The Bertz CT molecular complexity index is 466. The van der Waals surface area contributed by atoms with Crippen LogP contribution in [0, 0.1) is 5.41 Å². The fourth-order valence-corrected chi connectivity index (χ4v) is 3.34. The molecule has 2 fully saturated rings. The maximum atomic E-state index is 9.89. The second-order valence-electron chi connectivity index (χ2n) is 6.83.